The van der Waals surface area contributed by atoms with E-state index in [0.29, 0.717) is 0 Å². The molecule has 0 atom stereocenters. The Balaban J connectivity index is 3.55. The highest BCUT2D eigenvalue weighted by Gasteiger charge is 1.76. The van der Waals surface area contributed by atoms with E-state index in [1.165, 1.54) is 18.5 Å². The minimum atomic E-state index is 1.12. The minimum Gasteiger partial charge on any atom is -0.0988 e. The van der Waals surface area contributed by atoms with Crippen molar-refractivity contribution in [2.45, 2.75) is 26.7 Å². The van der Waals surface area contributed by atoms with Gasteiger partial charge in [-0.3, -0.25) is 0 Å². The lowest BCUT2D eigenvalue weighted by Gasteiger charge is -1.87. The first-order valence-corrected chi connectivity index (χ1v) is 3.03. The van der Waals surface area contributed by atoms with Crippen LogP contribution in [0.5, 0.6) is 0 Å². The molecule has 0 aliphatic rings. The number of rotatable bonds is 3. The number of hydrogen-bond acceptors (Lipinski definition) is 0. The van der Waals surface area contributed by atoms with Gasteiger partial charge in [-0.25, -0.2) is 0 Å². The molecule has 0 bridgehead atoms. The molecule has 0 fully saturated rings. The second kappa shape index (κ2) is 4.63. The van der Waals surface area contributed by atoms with E-state index in [1.807, 2.05) is 6.92 Å². The third-order valence-corrected chi connectivity index (χ3v) is 1.02. The van der Waals surface area contributed by atoms with Gasteiger partial charge in [-0.15, -0.1) is 0 Å². The zero-order chi connectivity index (χ0) is 7.11. The van der Waals surface area contributed by atoms with Gasteiger partial charge in [0.15, 0.2) is 0 Å². The SMILES string of the molecule is [2H]/C=C/C(C)=CCCC. The molecule has 0 saturated carbocycles. The van der Waals surface area contributed by atoms with E-state index in [9.17, 15) is 0 Å². The molecule has 0 spiro atoms. The summed E-state index contributed by atoms with van der Waals surface area (Å²) in [5, 5.41) is 0. The molecule has 8 heavy (non-hydrogen) atoms. The van der Waals surface area contributed by atoms with Crippen LogP contribution in [0.2, 0.25) is 0 Å². The Morgan fingerprint density at radius 2 is 2.62 bits per heavy atom. The van der Waals surface area contributed by atoms with Crippen LogP contribution in [0, 0.1) is 0 Å². The first kappa shape index (κ1) is 5.61. The predicted molar refractivity (Wildman–Crippen MR) is 38.9 cm³/mol. The molecule has 0 amide bonds. The van der Waals surface area contributed by atoms with Crippen molar-refractivity contribution in [1.29, 1.82) is 0 Å². The predicted octanol–water partition coefficient (Wildman–Crippen LogP) is 2.92. The molecule has 0 radical (unpaired) electrons. The van der Waals surface area contributed by atoms with Gasteiger partial charge in [0, 0.05) is 0 Å². The largest absolute Gasteiger partial charge is 0.0988 e. The van der Waals surface area contributed by atoms with Crippen LogP contribution in [0.25, 0.3) is 0 Å². The normalized spacial score (nSPS) is 14.8. The zero-order valence-corrected chi connectivity index (χ0v) is 5.65. The Morgan fingerprint density at radius 1 is 1.88 bits per heavy atom. The molecule has 0 unspecified atom stereocenters. The highest BCUT2D eigenvalue weighted by atomic mass is 13.8. The third kappa shape index (κ3) is 3.66. The van der Waals surface area contributed by atoms with E-state index in [2.05, 4.69) is 13.0 Å². The van der Waals surface area contributed by atoms with E-state index in [1.54, 1.807) is 6.08 Å². The van der Waals surface area contributed by atoms with E-state index < -0.39 is 0 Å². The molecular formula is C8H14. The van der Waals surface area contributed by atoms with Crippen molar-refractivity contribution >= 4 is 0 Å². The van der Waals surface area contributed by atoms with Gasteiger partial charge in [-0.05, 0) is 13.3 Å². The van der Waals surface area contributed by atoms with E-state index in [-0.39, 0.29) is 0 Å². The van der Waals surface area contributed by atoms with E-state index >= 15 is 0 Å². The molecule has 0 aromatic rings. The fourth-order valence-electron chi connectivity index (χ4n) is 0.440. The van der Waals surface area contributed by atoms with Gasteiger partial charge in [0.25, 0.3) is 0 Å². The van der Waals surface area contributed by atoms with E-state index in [0.717, 1.165) is 6.42 Å². The second-order valence-corrected chi connectivity index (χ2v) is 1.90. The Bertz CT molecular complexity index is 112. The second-order valence-electron chi connectivity index (χ2n) is 1.90. The molecule has 0 heterocycles. The summed E-state index contributed by atoms with van der Waals surface area (Å²) < 4.78 is 6.75. The summed E-state index contributed by atoms with van der Waals surface area (Å²) in [7, 11) is 0. The van der Waals surface area contributed by atoms with Crippen LogP contribution in [0.15, 0.2) is 24.3 Å². The first-order chi connectivity index (χ1) is 4.31. The van der Waals surface area contributed by atoms with Crippen LogP contribution in [-0.4, -0.2) is 0 Å². The lowest BCUT2D eigenvalue weighted by atomic mass is 10.2. The maximum absolute atomic E-state index is 6.75. The fraction of sp³-hybridized carbons (Fsp3) is 0.500. The molecule has 0 aromatic heterocycles. The van der Waals surface area contributed by atoms with Crippen molar-refractivity contribution in [3.63, 3.8) is 0 Å². The van der Waals surface area contributed by atoms with Crippen LogP contribution >= 0.6 is 0 Å². The van der Waals surface area contributed by atoms with Gasteiger partial charge in [0.05, 0.1) is 1.37 Å². The fourth-order valence-corrected chi connectivity index (χ4v) is 0.440. The third-order valence-electron chi connectivity index (χ3n) is 1.02. The average Bonchev–Trinajstić information content (AvgIpc) is 1.85. The van der Waals surface area contributed by atoms with Crippen molar-refractivity contribution in [2.75, 3.05) is 0 Å². The molecule has 0 aliphatic carbocycles. The molecule has 0 aromatic carbocycles. The first-order valence-electron chi connectivity index (χ1n) is 3.60. The van der Waals surface area contributed by atoms with E-state index in [4.69, 9.17) is 1.37 Å². The Hall–Kier alpha value is -0.520. The van der Waals surface area contributed by atoms with Crippen LogP contribution < -0.4 is 0 Å². The van der Waals surface area contributed by atoms with Gasteiger partial charge in [-0.2, -0.15) is 0 Å². The summed E-state index contributed by atoms with van der Waals surface area (Å²) in [4.78, 5) is 0. The van der Waals surface area contributed by atoms with Crippen molar-refractivity contribution in [1.82, 2.24) is 0 Å². The highest BCUT2D eigenvalue weighted by Crippen LogP contribution is 1.96. The lowest BCUT2D eigenvalue weighted by molar-refractivity contribution is 0.952. The molecule has 46 valence electrons. The summed E-state index contributed by atoms with van der Waals surface area (Å²) in [6, 6.07) is 0. The molecule has 0 saturated heterocycles. The van der Waals surface area contributed by atoms with Crippen LogP contribution in [0.3, 0.4) is 0 Å². The average molecular weight is 111 g/mol. The van der Waals surface area contributed by atoms with Crippen molar-refractivity contribution in [3.8, 4) is 0 Å². The van der Waals surface area contributed by atoms with Gasteiger partial charge >= 0.3 is 0 Å². The van der Waals surface area contributed by atoms with Gasteiger partial charge < -0.3 is 0 Å². The van der Waals surface area contributed by atoms with Gasteiger partial charge in [-0.1, -0.05) is 37.6 Å². The molecule has 0 rings (SSSR count). The van der Waals surface area contributed by atoms with Crippen LogP contribution in [-0.2, 0) is 0 Å². The van der Waals surface area contributed by atoms with Gasteiger partial charge in [0.1, 0.15) is 0 Å². The van der Waals surface area contributed by atoms with Crippen molar-refractivity contribution < 1.29 is 1.37 Å². The summed E-state index contributed by atoms with van der Waals surface area (Å²) >= 11 is 0. The standard InChI is InChI=1S/C8H14/c1-4-6-7-8(3)5-2/h5,7H,2,4,6H2,1,3H3/i2D/b5-2+,8-7?. The monoisotopic (exact) mass is 111 g/mol. The highest BCUT2D eigenvalue weighted by molar-refractivity contribution is 5.12. The van der Waals surface area contributed by atoms with Crippen molar-refractivity contribution in [3.05, 3.63) is 24.3 Å². The molecular weight excluding hydrogens is 96.1 g/mol. The molecule has 0 heteroatoms. The van der Waals surface area contributed by atoms with Gasteiger partial charge in [0.2, 0.25) is 0 Å². The minimum absolute atomic E-state index is 1.12. The smallest absolute Gasteiger partial charge is 0.0538 e. The summed E-state index contributed by atoms with van der Waals surface area (Å²) in [6.45, 7) is 5.48. The summed E-state index contributed by atoms with van der Waals surface area (Å²) in [5.74, 6) is 0. The topological polar surface area (TPSA) is 0 Å². The maximum atomic E-state index is 6.75. The molecule has 0 nitrogen and oxygen atoms in total. The zero-order valence-electron chi connectivity index (χ0n) is 6.65. The quantitative estimate of drug-likeness (QED) is 0.491. The summed E-state index contributed by atoms with van der Waals surface area (Å²) in [5.41, 5.74) is 1.19. The van der Waals surface area contributed by atoms with Crippen LogP contribution in [0.4, 0.5) is 0 Å². The number of allylic oxidation sites excluding steroid dienone is 3. The Labute approximate surface area is 53.3 Å². The number of unbranched alkanes of at least 4 members (excludes halogenated alkanes) is 1. The lowest BCUT2D eigenvalue weighted by Crippen LogP contribution is -1.66. The maximum Gasteiger partial charge on any atom is 0.0538 e. The molecule has 0 N–H and O–H groups in total. The van der Waals surface area contributed by atoms with Crippen molar-refractivity contribution in [2.24, 2.45) is 0 Å². The number of hydrogen-bond donors (Lipinski definition) is 0. The Morgan fingerprint density at radius 3 is 3.12 bits per heavy atom. The summed E-state index contributed by atoms with van der Waals surface area (Å²) in [6.07, 6.45) is 6.25. The molecule has 0 aliphatic heterocycles. The Kier molecular flexibility index (Phi) is 3.25. The van der Waals surface area contributed by atoms with Crippen LogP contribution in [0.1, 0.15) is 28.1 Å².